The second kappa shape index (κ2) is 16.7. The fourth-order valence-electron chi connectivity index (χ4n) is 9.46. The SMILES string of the molecule is CCCCN1C(=O)C(=C2C(=CC=c3c4cccc5c(S(=O)(=O)O)ccc(c54)n3CC)CCC2=CC=c2c3cccc4c(S(=O)(=O)O)ccc(c43)n2CC)C(=O)N(C(C)COC)C1=O. The monoisotopic (exact) mass is 892 g/mol. The van der Waals surface area contributed by atoms with E-state index in [1.165, 1.54) is 19.2 Å². The number of imide groups is 2. The van der Waals surface area contributed by atoms with Crippen molar-refractivity contribution in [1.82, 2.24) is 18.9 Å². The first-order chi connectivity index (χ1) is 30.1. The van der Waals surface area contributed by atoms with Gasteiger partial charge in [-0.15, -0.1) is 0 Å². The maximum atomic E-state index is 14.8. The highest BCUT2D eigenvalue weighted by Crippen LogP contribution is 2.41. The summed E-state index contributed by atoms with van der Waals surface area (Å²) in [5, 5.41) is 5.07. The van der Waals surface area contributed by atoms with Crippen LogP contribution in [0.2, 0.25) is 0 Å². The van der Waals surface area contributed by atoms with E-state index in [0.29, 0.717) is 77.0 Å². The molecule has 2 aromatic heterocycles. The molecule has 2 fully saturated rings. The first kappa shape index (κ1) is 43.7. The minimum Gasteiger partial charge on any atom is -0.383 e. The molecule has 63 heavy (non-hydrogen) atoms. The number of nitrogens with zero attached hydrogens (tertiary/aromatic N) is 4. The normalized spacial score (nSPS) is 18.2. The van der Waals surface area contributed by atoms with Gasteiger partial charge in [-0.25, -0.2) is 4.79 Å². The number of aryl methyl sites for hydroxylation is 2. The van der Waals surface area contributed by atoms with Crippen LogP contribution >= 0.6 is 0 Å². The number of urea groups is 1. The van der Waals surface area contributed by atoms with E-state index in [0.717, 1.165) is 42.3 Å². The van der Waals surface area contributed by atoms with Crippen LogP contribution in [0, 0.1) is 0 Å². The van der Waals surface area contributed by atoms with Gasteiger partial charge in [-0.2, -0.15) is 16.8 Å². The molecule has 14 nitrogen and oxygen atoms in total. The number of carbonyl (C=O) groups is 3. The van der Waals surface area contributed by atoms with E-state index in [4.69, 9.17) is 4.74 Å². The zero-order valence-electron chi connectivity index (χ0n) is 35.6. The molecule has 2 aliphatic rings. The third kappa shape index (κ3) is 7.28. The molecule has 0 bridgehead atoms. The van der Waals surface area contributed by atoms with Gasteiger partial charge in [-0.3, -0.25) is 28.5 Å². The Morgan fingerprint density at radius 3 is 1.57 bits per heavy atom. The van der Waals surface area contributed by atoms with Crippen molar-refractivity contribution in [1.29, 1.82) is 0 Å². The standard InChI is InChI=1S/C47H48N4O10S2/c1-6-9-26-50-45(52)44(46(53)51(47(50)54)28(4)27-61-5)41-29(18-20-35-31-12-10-14-33-39(62(55,56)57)24-22-37(42(31)33)48(35)7-2)16-17-30(41)19-21-36-32-13-11-15-34-40(63(58,59)60)25-23-38(43(32)34)49(36)8-3/h10-15,18-25,28H,6-9,16-17,26-27H2,1-5H3,(H,55,56,57)(H,58,59,60). The number of barbiturate groups is 1. The molecule has 1 aliphatic heterocycles. The Hall–Kier alpha value is -5.91. The van der Waals surface area contributed by atoms with Crippen molar-refractivity contribution in [2.24, 2.45) is 0 Å². The number of rotatable bonds is 12. The van der Waals surface area contributed by atoms with Gasteiger partial charge in [-0.05, 0) is 93.2 Å². The van der Waals surface area contributed by atoms with Crippen LogP contribution in [-0.2, 0) is 47.7 Å². The van der Waals surface area contributed by atoms with E-state index in [1.807, 2.05) is 66.3 Å². The molecule has 328 valence electrons. The van der Waals surface area contributed by atoms with Crippen molar-refractivity contribution in [2.45, 2.75) is 82.3 Å². The summed E-state index contributed by atoms with van der Waals surface area (Å²) in [5.74, 6) is -1.42. The lowest BCUT2D eigenvalue weighted by Crippen LogP contribution is -2.60. The summed E-state index contributed by atoms with van der Waals surface area (Å²) in [5.41, 5.74) is 3.14. The lowest BCUT2D eigenvalue weighted by atomic mass is 9.94. The van der Waals surface area contributed by atoms with Gasteiger partial charge in [0.05, 0.1) is 12.6 Å². The Balaban J connectivity index is 1.41. The third-order valence-electron chi connectivity index (χ3n) is 12.2. The molecule has 0 spiro atoms. The molecular formula is C47H48N4O10S2. The molecule has 1 aliphatic carbocycles. The first-order valence-corrected chi connectivity index (χ1v) is 23.8. The number of hydrogen-bond donors (Lipinski definition) is 2. The van der Waals surface area contributed by atoms with Gasteiger partial charge in [-0.1, -0.05) is 61.9 Å². The Morgan fingerprint density at radius 1 is 0.667 bits per heavy atom. The molecule has 1 saturated heterocycles. The molecule has 1 atom stereocenters. The van der Waals surface area contributed by atoms with Crippen molar-refractivity contribution >= 4 is 93.6 Å². The summed E-state index contributed by atoms with van der Waals surface area (Å²) < 4.78 is 79.2. The topological polar surface area (TPSA) is 186 Å². The molecule has 4 amide bonds. The number of ether oxygens (including phenoxy) is 1. The fourth-order valence-corrected chi connectivity index (χ4v) is 10.8. The predicted molar refractivity (Wildman–Crippen MR) is 242 cm³/mol. The average molecular weight is 893 g/mol. The third-order valence-corrected chi connectivity index (χ3v) is 14.0. The second-order valence-electron chi connectivity index (χ2n) is 15.9. The number of unbranched alkanes of at least 4 members (excludes halogenated alkanes) is 1. The number of allylic oxidation sites excluding steroid dienone is 5. The smallest absolute Gasteiger partial charge is 0.334 e. The lowest BCUT2D eigenvalue weighted by molar-refractivity contribution is -0.137. The van der Waals surface area contributed by atoms with Gasteiger partial charge in [0.15, 0.2) is 0 Å². The zero-order valence-corrected chi connectivity index (χ0v) is 37.2. The summed E-state index contributed by atoms with van der Waals surface area (Å²) in [6.07, 6.45) is 9.62. The number of hydrogen-bond acceptors (Lipinski definition) is 8. The van der Waals surface area contributed by atoms with E-state index in [-0.39, 0.29) is 28.5 Å². The van der Waals surface area contributed by atoms with E-state index in [2.05, 4.69) is 0 Å². The molecule has 8 rings (SSSR count). The van der Waals surface area contributed by atoms with Crippen LogP contribution in [0.5, 0.6) is 0 Å². The van der Waals surface area contributed by atoms with Gasteiger partial charge in [0.2, 0.25) is 0 Å². The summed E-state index contributed by atoms with van der Waals surface area (Å²) in [4.78, 5) is 45.3. The quantitative estimate of drug-likeness (QED) is 0.0761. The van der Waals surface area contributed by atoms with Crippen molar-refractivity contribution in [3.63, 3.8) is 0 Å². The minimum atomic E-state index is -4.53. The van der Waals surface area contributed by atoms with E-state index >= 15 is 0 Å². The Kier molecular flexibility index (Phi) is 11.6. The lowest BCUT2D eigenvalue weighted by Gasteiger charge is -2.37. The summed E-state index contributed by atoms with van der Waals surface area (Å²) in [7, 11) is -7.58. The number of aromatic nitrogens is 2. The van der Waals surface area contributed by atoms with Gasteiger partial charge in [0.25, 0.3) is 32.1 Å². The zero-order chi connectivity index (χ0) is 45.1. The first-order valence-electron chi connectivity index (χ1n) is 20.9. The number of methoxy groups -OCH3 is 1. The molecule has 16 heteroatoms. The predicted octanol–water partition coefficient (Wildman–Crippen LogP) is 6.70. The Bertz CT molecular complexity index is 3170. The maximum Gasteiger partial charge on any atom is 0.334 e. The molecule has 4 aromatic carbocycles. The van der Waals surface area contributed by atoms with E-state index < -0.39 is 44.1 Å². The van der Waals surface area contributed by atoms with Crippen molar-refractivity contribution in [3.05, 3.63) is 106 Å². The molecular weight excluding hydrogens is 845 g/mol. The van der Waals surface area contributed by atoms with E-state index in [1.54, 1.807) is 43.3 Å². The van der Waals surface area contributed by atoms with Crippen LogP contribution in [0.1, 0.15) is 53.4 Å². The van der Waals surface area contributed by atoms with E-state index in [9.17, 15) is 40.3 Å². The van der Waals surface area contributed by atoms with Gasteiger partial charge in [0, 0.05) is 80.8 Å². The molecule has 1 saturated carbocycles. The maximum absolute atomic E-state index is 14.8. The van der Waals surface area contributed by atoms with Gasteiger partial charge >= 0.3 is 6.03 Å². The Labute approximate surface area is 364 Å². The minimum absolute atomic E-state index is 0.0516. The van der Waals surface area contributed by atoms with Crippen LogP contribution in [0.15, 0.2) is 105 Å². The molecule has 0 radical (unpaired) electrons. The van der Waals surface area contributed by atoms with Crippen molar-refractivity contribution < 1.29 is 45.1 Å². The average Bonchev–Trinajstić information content (AvgIpc) is 3.89. The summed E-state index contributed by atoms with van der Waals surface area (Å²) in [6, 6.07) is 15.3. The number of amides is 4. The summed E-state index contributed by atoms with van der Waals surface area (Å²) in [6.45, 7) is 8.78. The number of benzene rings is 4. The van der Waals surface area contributed by atoms with Gasteiger partial charge in [0.1, 0.15) is 15.4 Å². The van der Waals surface area contributed by atoms with Crippen molar-refractivity contribution in [3.8, 4) is 0 Å². The van der Waals surface area contributed by atoms with Gasteiger partial charge < -0.3 is 13.9 Å². The highest BCUT2D eigenvalue weighted by Gasteiger charge is 2.46. The second-order valence-corrected chi connectivity index (χ2v) is 18.7. The van der Waals surface area contributed by atoms with Crippen LogP contribution in [-0.4, -0.2) is 89.0 Å². The summed E-state index contributed by atoms with van der Waals surface area (Å²) >= 11 is 0. The highest BCUT2D eigenvalue weighted by atomic mass is 32.2. The van der Waals surface area contributed by atoms with Crippen LogP contribution < -0.4 is 10.7 Å². The van der Waals surface area contributed by atoms with Crippen molar-refractivity contribution in [2.75, 3.05) is 20.3 Å². The number of carbonyl (C=O) groups excluding carboxylic acids is 3. The van der Waals surface area contributed by atoms with Crippen LogP contribution in [0.25, 0.3) is 55.5 Å². The van der Waals surface area contributed by atoms with Crippen LogP contribution in [0.3, 0.4) is 0 Å². The van der Waals surface area contributed by atoms with Crippen LogP contribution in [0.4, 0.5) is 4.79 Å². The largest absolute Gasteiger partial charge is 0.383 e. The molecule has 2 N–H and O–H groups in total. The fraction of sp³-hybridized carbons (Fsp3) is 0.298. The highest BCUT2D eigenvalue weighted by molar-refractivity contribution is 7.86. The molecule has 3 heterocycles. The Morgan fingerprint density at radius 2 is 1.14 bits per heavy atom. The molecule has 6 aromatic rings. The molecule has 1 unspecified atom stereocenters.